The lowest BCUT2D eigenvalue weighted by Gasteiger charge is -2.30. The van der Waals surface area contributed by atoms with Gasteiger partial charge in [-0.25, -0.2) is 0 Å². The van der Waals surface area contributed by atoms with Gasteiger partial charge in [0.2, 0.25) is 0 Å². The Balaban J connectivity index is 3.31. The molecule has 0 aliphatic carbocycles. The number of nitrogens with one attached hydrogen (secondary N) is 2. The van der Waals surface area contributed by atoms with Crippen LogP contribution in [0.3, 0.4) is 0 Å². The maximum Gasteiger partial charge on any atom is 0.0794 e. The largest absolute Gasteiger partial charge is 0.328 e. The summed E-state index contributed by atoms with van der Waals surface area (Å²) >= 11 is 0. The van der Waals surface area contributed by atoms with Crippen LogP contribution in [-0.2, 0) is 0 Å². The van der Waals surface area contributed by atoms with Crippen molar-refractivity contribution in [2.24, 2.45) is 0 Å². The number of hydrogen-bond donors (Lipinski definition) is 2. The van der Waals surface area contributed by atoms with E-state index >= 15 is 0 Å². The lowest BCUT2D eigenvalue weighted by atomic mass is 10.1. The van der Waals surface area contributed by atoms with Crippen LogP contribution in [0.15, 0.2) is 24.3 Å². The molecule has 3 nitrogen and oxygen atoms in total. The summed E-state index contributed by atoms with van der Waals surface area (Å²) in [7, 11) is 4.83. The third-order valence-electron chi connectivity index (χ3n) is 9.96. The molecule has 0 radical (unpaired) electrons. The van der Waals surface area contributed by atoms with E-state index in [0.717, 1.165) is 4.48 Å². The number of nitrogens with zero attached hydrogens (tertiary/aromatic N) is 1. The van der Waals surface area contributed by atoms with E-state index in [1.807, 2.05) is 0 Å². The molecule has 0 aromatic carbocycles. The highest BCUT2D eigenvalue weighted by atomic mass is 15.3. The average Bonchev–Trinajstić information content (AvgIpc) is 3.06. The summed E-state index contributed by atoms with van der Waals surface area (Å²) in [6.07, 6.45) is 51.2. The van der Waals surface area contributed by atoms with Crippen LogP contribution in [0, 0.1) is 0 Å². The Kier molecular flexibility index (Phi) is 39.3. The summed E-state index contributed by atoms with van der Waals surface area (Å²) < 4.78 is 1.16. The maximum atomic E-state index is 3.70. The third kappa shape index (κ3) is 41.4. The highest BCUT2D eigenvalue weighted by molar-refractivity contribution is 4.82. The van der Waals surface area contributed by atoms with Gasteiger partial charge in [0, 0.05) is 25.9 Å². The van der Waals surface area contributed by atoms with E-state index in [9.17, 15) is 0 Å². The number of unbranched alkanes of at least 4 members (excludes halogenated alkanes) is 24. The fourth-order valence-corrected chi connectivity index (χ4v) is 6.62. The molecular weight excluding hydrogens is 571 g/mol. The molecule has 0 aliphatic rings. The lowest BCUT2D eigenvalue weighted by Crippen LogP contribution is -2.43. The van der Waals surface area contributed by atoms with Crippen LogP contribution < -0.4 is 10.6 Å². The van der Waals surface area contributed by atoms with Crippen LogP contribution in [0.25, 0.3) is 0 Å². The molecule has 0 saturated carbocycles. The molecule has 0 fully saturated rings. The molecule has 3 heteroatoms. The van der Waals surface area contributed by atoms with Crippen molar-refractivity contribution in [3.8, 4) is 0 Å². The van der Waals surface area contributed by atoms with Gasteiger partial charge in [-0.2, -0.15) is 0 Å². The Labute approximate surface area is 298 Å². The molecule has 0 aromatic heterocycles. The molecule has 0 heterocycles. The lowest BCUT2D eigenvalue weighted by molar-refractivity contribution is -0.890. The quantitative estimate of drug-likeness (QED) is 0.0388. The van der Waals surface area contributed by atoms with Crippen LogP contribution in [0.2, 0.25) is 0 Å². The number of rotatable bonds is 40. The van der Waals surface area contributed by atoms with Crippen LogP contribution in [0.5, 0.6) is 0 Å². The minimum atomic E-state index is 1.16. The number of quaternary nitrogens is 1. The Morgan fingerprint density at radius 2 is 0.574 bits per heavy atom. The first-order valence-electron chi connectivity index (χ1n) is 21.7. The van der Waals surface area contributed by atoms with E-state index < -0.39 is 0 Å². The van der Waals surface area contributed by atoms with Crippen LogP contribution in [-0.4, -0.2) is 57.8 Å². The van der Waals surface area contributed by atoms with Crippen molar-refractivity contribution in [2.45, 2.75) is 206 Å². The molecule has 0 amide bonds. The summed E-state index contributed by atoms with van der Waals surface area (Å²) in [6, 6.07) is 0. The summed E-state index contributed by atoms with van der Waals surface area (Å²) in [5, 5.41) is 7.41. The van der Waals surface area contributed by atoms with E-state index in [4.69, 9.17) is 0 Å². The molecule has 0 spiro atoms. The van der Waals surface area contributed by atoms with Crippen molar-refractivity contribution in [1.82, 2.24) is 10.6 Å². The standard InChI is InChI=1S/C44H90N3/c1-5-7-9-11-13-15-17-19-21-23-25-27-29-31-33-35-39-45-41-37-43-47(3,4)44-38-42-46-40-36-34-32-30-28-26-24-22-20-18-16-14-12-10-8-6-2/h19-22,45-46H,5-18,23-44H2,1-4H3/q+1/b21-19-,22-20-. The van der Waals surface area contributed by atoms with Gasteiger partial charge in [-0.15, -0.1) is 0 Å². The predicted octanol–water partition coefficient (Wildman–Crippen LogP) is 13.1. The molecule has 280 valence electrons. The van der Waals surface area contributed by atoms with Crippen molar-refractivity contribution in [3.63, 3.8) is 0 Å². The zero-order valence-electron chi connectivity index (χ0n) is 33.2. The van der Waals surface area contributed by atoms with E-state index in [0.29, 0.717) is 0 Å². The molecule has 2 N–H and O–H groups in total. The fourth-order valence-electron chi connectivity index (χ4n) is 6.62. The molecule has 0 rings (SSSR count). The first-order chi connectivity index (χ1) is 23.1. The fraction of sp³-hybridized carbons (Fsp3) is 0.909. The predicted molar refractivity (Wildman–Crippen MR) is 216 cm³/mol. The van der Waals surface area contributed by atoms with Gasteiger partial charge in [-0.1, -0.05) is 154 Å². The monoisotopic (exact) mass is 661 g/mol. The second kappa shape index (κ2) is 39.8. The van der Waals surface area contributed by atoms with Gasteiger partial charge in [-0.05, 0) is 77.3 Å². The van der Waals surface area contributed by atoms with Gasteiger partial charge in [0.25, 0.3) is 0 Å². The van der Waals surface area contributed by atoms with Gasteiger partial charge in [-0.3, -0.25) is 0 Å². The minimum Gasteiger partial charge on any atom is -0.328 e. The Bertz CT molecular complexity index is 574. The zero-order chi connectivity index (χ0) is 34.2. The van der Waals surface area contributed by atoms with E-state index in [1.54, 1.807) is 0 Å². The van der Waals surface area contributed by atoms with Gasteiger partial charge in [0.05, 0.1) is 27.2 Å². The van der Waals surface area contributed by atoms with Crippen molar-refractivity contribution >= 4 is 0 Å². The SMILES string of the molecule is CCCCCCCC/C=C\CCCCCCCCNCCC[N+](C)(C)CCCNCCCCCCCC/C=C\CCCCCCCC. The molecule has 0 aromatic rings. The van der Waals surface area contributed by atoms with Gasteiger partial charge in [0.15, 0.2) is 0 Å². The molecule has 0 unspecified atom stereocenters. The molecular formula is C44H90N3+. The van der Waals surface area contributed by atoms with Crippen LogP contribution in [0.1, 0.15) is 206 Å². The summed E-state index contributed by atoms with van der Waals surface area (Å²) in [6.45, 7) is 11.9. The first kappa shape index (κ1) is 46.4. The molecule has 0 bridgehead atoms. The number of allylic oxidation sites excluding steroid dienone is 4. The Hall–Kier alpha value is -0.640. The van der Waals surface area contributed by atoms with Crippen molar-refractivity contribution in [3.05, 3.63) is 24.3 Å². The van der Waals surface area contributed by atoms with Crippen LogP contribution >= 0.6 is 0 Å². The van der Waals surface area contributed by atoms with E-state index in [2.05, 4.69) is 62.9 Å². The van der Waals surface area contributed by atoms with Crippen molar-refractivity contribution in [1.29, 1.82) is 0 Å². The van der Waals surface area contributed by atoms with Crippen molar-refractivity contribution < 1.29 is 4.48 Å². The van der Waals surface area contributed by atoms with E-state index in [1.165, 1.54) is 232 Å². The highest BCUT2D eigenvalue weighted by Gasteiger charge is 2.13. The zero-order valence-corrected chi connectivity index (χ0v) is 33.2. The third-order valence-corrected chi connectivity index (χ3v) is 9.96. The Morgan fingerprint density at radius 3 is 0.894 bits per heavy atom. The van der Waals surface area contributed by atoms with Gasteiger partial charge < -0.3 is 15.1 Å². The minimum absolute atomic E-state index is 1.16. The molecule has 0 saturated heterocycles. The van der Waals surface area contributed by atoms with Crippen LogP contribution in [0.4, 0.5) is 0 Å². The van der Waals surface area contributed by atoms with Gasteiger partial charge in [0.1, 0.15) is 0 Å². The summed E-state index contributed by atoms with van der Waals surface area (Å²) in [5.41, 5.74) is 0. The Morgan fingerprint density at radius 1 is 0.319 bits per heavy atom. The highest BCUT2D eigenvalue weighted by Crippen LogP contribution is 2.11. The van der Waals surface area contributed by atoms with Gasteiger partial charge >= 0.3 is 0 Å². The second-order valence-corrected chi connectivity index (χ2v) is 15.5. The molecule has 0 aliphatic heterocycles. The molecule has 0 atom stereocenters. The van der Waals surface area contributed by atoms with E-state index in [-0.39, 0.29) is 0 Å². The molecule has 47 heavy (non-hydrogen) atoms. The second-order valence-electron chi connectivity index (χ2n) is 15.5. The summed E-state index contributed by atoms with van der Waals surface area (Å²) in [5.74, 6) is 0. The number of hydrogen-bond acceptors (Lipinski definition) is 2. The first-order valence-corrected chi connectivity index (χ1v) is 21.7. The maximum absolute atomic E-state index is 3.70. The smallest absolute Gasteiger partial charge is 0.0794 e. The van der Waals surface area contributed by atoms with Crippen molar-refractivity contribution in [2.75, 3.05) is 53.4 Å². The topological polar surface area (TPSA) is 24.1 Å². The summed E-state index contributed by atoms with van der Waals surface area (Å²) in [4.78, 5) is 0. The average molecular weight is 661 g/mol. The normalized spacial score (nSPS) is 12.3.